The molecule has 4 N–H and O–H groups in total. The maximum atomic E-state index is 14.2. The zero-order valence-electron chi connectivity index (χ0n) is 26.0. The largest absolute Gasteiger partial charge is 0.465 e. The molecule has 4 rings (SSSR count). The first-order valence-corrected chi connectivity index (χ1v) is 16.5. The van der Waals surface area contributed by atoms with Crippen LogP contribution in [0.2, 0.25) is 0 Å². The molecular weight excluding hydrogens is 603 g/mol. The number of fused-ring (bicyclic) bond motifs is 1. The van der Waals surface area contributed by atoms with Gasteiger partial charge in [-0.3, -0.25) is 28.5 Å². The number of imidazole rings is 1. The predicted octanol–water partition coefficient (Wildman–Crippen LogP) is 4.44. The Bertz CT molecular complexity index is 1620. The van der Waals surface area contributed by atoms with Crippen LogP contribution < -0.4 is 20.9 Å². The summed E-state index contributed by atoms with van der Waals surface area (Å²) in [5.41, 5.74) is 5.46. The van der Waals surface area contributed by atoms with Crippen LogP contribution in [-0.4, -0.2) is 57.3 Å². The number of benzene rings is 1. The summed E-state index contributed by atoms with van der Waals surface area (Å²) >= 11 is 0. The van der Waals surface area contributed by atoms with Gasteiger partial charge in [-0.1, -0.05) is 44.9 Å². The number of nitrogens with zero attached hydrogens (tertiary/aromatic N) is 3. The van der Waals surface area contributed by atoms with Crippen molar-refractivity contribution < 1.29 is 32.7 Å². The number of hydrogen-bond acceptors (Lipinski definition) is 11. The molecule has 15 heteroatoms. The van der Waals surface area contributed by atoms with E-state index in [4.69, 9.17) is 24.3 Å². The fraction of sp³-hybridized carbons (Fsp3) is 0.500. The molecule has 1 unspecified atom stereocenters. The normalized spacial score (nSPS) is 18.9. The molecule has 0 radical (unpaired) electrons. The van der Waals surface area contributed by atoms with Gasteiger partial charge in [0, 0.05) is 13.1 Å². The van der Waals surface area contributed by atoms with Crippen molar-refractivity contribution in [3.63, 3.8) is 0 Å². The van der Waals surface area contributed by atoms with E-state index in [1.54, 1.807) is 36.5 Å². The number of H-pyrrole nitrogens is 1. The summed E-state index contributed by atoms with van der Waals surface area (Å²) in [7, 11) is -4.19. The molecule has 1 saturated carbocycles. The number of nitrogen functional groups attached to an aromatic ring is 1. The first-order chi connectivity index (χ1) is 21.5. The summed E-state index contributed by atoms with van der Waals surface area (Å²) in [6.45, 7) is 6.99. The molecule has 0 saturated heterocycles. The minimum atomic E-state index is -4.19. The van der Waals surface area contributed by atoms with Crippen LogP contribution in [0.25, 0.3) is 17.4 Å². The number of ether oxygens (including phenoxy) is 2. The molecule has 2 aromatic heterocycles. The van der Waals surface area contributed by atoms with E-state index >= 15 is 0 Å². The fourth-order valence-corrected chi connectivity index (χ4v) is 6.51. The lowest BCUT2D eigenvalue weighted by atomic mass is 9.99. The van der Waals surface area contributed by atoms with Gasteiger partial charge in [0.2, 0.25) is 5.95 Å². The van der Waals surface area contributed by atoms with Gasteiger partial charge < -0.3 is 19.7 Å². The number of aromatic amines is 1. The number of carbonyl (C=O) groups excluding carboxylic acids is 2. The molecule has 3 atom stereocenters. The molecule has 0 amide bonds. The highest BCUT2D eigenvalue weighted by Crippen LogP contribution is 2.56. The number of nitrogens with one attached hydrogen (secondary N) is 2. The van der Waals surface area contributed by atoms with Crippen molar-refractivity contribution in [1.82, 2.24) is 24.6 Å². The molecular formula is C30H41N6O8P. The van der Waals surface area contributed by atoms with E-state index in [9.17, 15) is 18.9 Å². The molecule has 0 bridgehead atoms. The molecule has 45 heavy (non-hydrogen) atoms. The van der Waals surface area contributed by atoms with E-state index in [1.807, 2.05) is 0 Å². The van der Waals surface area contributed by atoms with Crippen LogP contribution in [0.15, 0.2) is 47.0 Å². The molecule has 0 aliphatic heterocycles. The van der Waals surface area contributed by atoms with Gasteiger partial charge in [0.15, 0.2) is 11.2 Å². The van der Waals surface area contributed by atoms with E-state index in [0.29, 0.717) is 6.42 Å². The summed E-state index contributed by atoms with van der Waals surface area (Å²) in [5, 5.41) is 2.72. The SMILES string of the molecule is CCCC(CCC)COC(=O)C(C)N[P@](=O)(OC[C@]1(COC(C)=O)C/C1=C/n1cnc2c(=O)[nH]c(N)nc21)Oc1ccccc1. The van der Waals surface area contributed by atoms with Crippen LogP contribution >= 0.6 is 7.75 Å². The van der Waals surface area contributed by atoms with Crippen molar-refractivity contribution >= 4 is 43.0 Å². The van der Waals surface area contributed by atoms with Crippen molar-refractivity contribution in [2.45, 2.75) is 65.8 Å². The van der Waals surface area contributed by atoms with Gasteiger partial charge in [-0.2, -0.15) is 10.1 Å². The Balaban J connectivity index is 1.54. The molecule has 2 heterocycles. The van der Waals surface area contributed by atoms with Crippen molar-refractivity contribution in [3.8, 4) is 5.75 Å². The van der Waals surface area contributed by atoms with Crippen LogP contribution in [0, 0.1) is 11.3 Å². The average molecular weight is 645 g/mol. The van der Waals surface area contributed by atoms with E-state index in [2.05, 4.69) is 33.9 Å². The van der Waals surface area contributed by atoms with Gasteiger partial charge in [0.25, 0.3) is 5.56 Å². The highest BCUT2D eigenvalue weighted by atomic mass is 31.2. The Morgan fingerprint density at radius 3 is 2.56 bits per heavy atom. The quantitative estimate of drug-likeness (QED) is 0.139. The van der Waals surface area contributed by atoms with E-state index in [1.165, 1.54) is 24.7 Å². The standard InChI is InChI=1S/C30H41N6O8P/c1-5-10-22(11-6-2)16-41-28(39)20(3)35-45(40,44-24-12-8-7-9-13-24)43-18-30(17-42-21(4)37)14-23(30)15-36-19-32-25-26(36)33-29(31)34-27(25)38/h7-9,12-13,15,19-20,22H,5-6,10-11,14,16-18H2,1-4H3,(H,35,40)(H3,31,33,34,38)/b23-15-/t20?,30-,45+/m1/s1. The summed E-state index contributed by atoms with van der Waals surface area (Å²) in [6.07, 6.45) is 7.35. The number of nitrogens with two attached hydrogens (primary N) is 1. The lowest BCUT2D eigenvalue weighted by molar-refractivity contribution is -0.147. The number of hydrogen-bond donors (Lipinski definition) is 3. The molecule has 1 fully saturated rings. The summed E-state index contributed by atoms with van der Waals surface area (Å²) in [5.74, 6) is -0.639. The van der Waals surface area contributed by atoms with Gasteiger partial charge in [-0.25, -0.2) is 9.55 Å². The Morgan fingerprint density at radius 1 is 1.18 bits per heavy atom. The van der Waals surface area contributed by atoms with Crippen LogP contribution in [-0.2, 0) is 28.2 Å². The smallest absolute Gasteiger partial charge is 0.459 e. The van der Waals surface area contributed by atoms with Crippen molar-refractivity contribution in [1.29, 1.82) is 0 Å². The van der Waals surface area contributed by atoms with Gasteiger partial charge in [-0.15, -0.1) is 0 Å². The zero-order valence-corrected chi connectivity index (χ0v) is 26.9. The number of rotatable bonds is 17. The van der Waals surface area contributed by atoms with Gasteiger partial charge >= 0.3 is 19.7 Å². The Hall–Kier alpha value is -4.00. The monoisotopic (exact) mass is 644 g/mol. The van der Waals surface area contributed by atoms with Crippen molar-refractivity contribution in [2.24, 2.45) is 11.3 Å². The average Bonchev–Trinajstić information content (AvgIpc) is 3.53. The number of carbonyl (C=O) groups is 2. The molecule has 14 nitrogen and oxygen atoms in total. The van der Waals surface area contributed by atoms with Crippen LogP contribution in [0.3, 0.4) is 0 Å². The van der Waals surface area contributed by atoms with Crippen LogP contribution in [0.5, 0.6) is 5.75 Å². The Morgan fingerprint density at radius 2 is 1.89 bits per heavy atom. The Kier molecular flexibility index (Phi) is 11.2. The third-order valence-electron chi connectivity index (χ3n) is 7.42. The minimum Gasteiger partial charge on any atom is -0.465 e. The summed E-state index contributed by atoms with van der Waals surface area (Å²) in [6, 6.07) is 7.41. The van der Waals surface area contributed by atoms with E-state index < -0.39 is 36.7 Å². The summed E-state index contributed by atoms with van der Waals surface area (Å²) < 4.78 is 38.4. The number of aromatic nitrogens is 4. The third kappa shape index (κ3) is 9.03. The maximum Gasteiger partial charge on any atom is 0.459 e. The first-order valence-electron chi connectivity index (χ1n) is 15.0. The van der Waals surface area contributed by atoms with E-state index in [-0.39, 0.29) is 48.6 Å². The molecule has 244 valence electrons. The van der Waals surface area contributed by atoms with Crippen LogP contribution in [0.1, 0.15) is 59.8 Å². The topological polar surface area (TPSA) is 190 Å². The van der Waals surface area contributed by atoms with Gasteiger partial charge in [0.1, 0.15) is 24.7 Å². The lowest BCUT2D eigenvalue weighted by Gasteiger charge is -2.25. The van der Waals surface area contributed by atoms with Crippen molar-refractivity contribution in [3.05, 3.63) is 52.6 Å². The molecule has 0 spiro atoms. The number of para-hydroxylation sites is 1. The van der Waals surface area contributed by atoms with Gasteiger partial charge in [0.05, 0.1) is 18.6 Å². The molecule has 3 aromatic rings. The lowest BCUT2D eigenvalue weighted by Crippen LogP contribution is -2.36. The number of anilines is 1. The molecule has 1 aromatic carbocycles. The predicted molar refractivity (Wildman–Crippen MR) is 168 cm³/mol. The highest BCUT2D eigenvalue weighted by molar-refractivity contribution is 7.52. The van der Waals surface area contributed by atoms with Crippen LogP contribution in [0.4, 0.5) is 5.95 Å². The Labute approximate surface area is 261 Å². The first kappa shape index (κ1) is 33.9. The highest BCUT2D eigenvalue weighted by Gasteiger charge is 2.52. The molecule has 1 aliphatic rings. The second kappa shape index (κ2) is 14.9. The summed E-state index contributed by atoms with van der Waals surface area (Å²) in [4.78, 5) is 47.6. The number of esters is 2. The minimum absolute atomic E-state index is 0.0677. The second-order valence-corrected chi connectivity index (χ2v) is 13.0. The maximum absolute atomic E-state index is 14.2. The van der Waals surface area contributed by atoms with Crippen molar-refractivity contribution in [2.75, 3.05) is 25.6 Å². The molecule has 1 aliphatic carbocycles. The third-order valence-corrected chi connectivity index (χ3v) is 9.05. The zero-order chi connectivity index (χ0) is 32.6. The second-order valence-electron chi connectivity index (χ2n) is 11.3. The van der Waals surface area contributed by atoms with E-state index in [0.717, 1.165) is 31.3 Å². The fourth-order valence-electron chi connectivity index (χ4n) is 4.94. The van der Waals surface area contributed by atoms with Gasteiger partial charge in [-0.05, 0) is 49.8 Å².